The van der Waals surface area contributed by atoms with Crippen LogP contribution in [0.5, 0.6) is 0 Å². The third-order valence-electron chi connectivity index (χ3n) is 7.15. The van der Waals surface area contributed by atoms with Gasteiger partial charge in [-0.15, -0.1) is 0 Å². The van der Waals surface area contributed by atoms with Crippen LogP contribution in [0.2, 0.25) is 0 Å². The first-order valence-electron chi connectivity index (χ1n) is 12.3. The van der Waals surface area contributed by atoms with Crippen LogP contribution in [0.1, 0.15) is 34.4 Å². The molecule has 0 heterocycles. The zero-order valence-electron chi connectivity index (χ0n) is 21.2. The van der Waals surface area contributed by atoms with Crippen LogP contribution in [0.4, 0.5) is 13.2 Å². The molecule has 0 radical (unpaired) electrons. The third-order valence-corrected chi connectivity index (χ3v) is 7.15. The van der Waals surface area contributed by atoms with E-state index in [1.807, 2.05) is 80.8 Å². The Balaban J connectivity index is 0.00000336. The van der Waals surface area contributed by atoms with E-state index >= 15 is 0 Å². The van der Waals surface area contributed by atoms with Gasteiger partial charge in [0.25, 0.3) is 0 Å². The highest BCUT2D eigenvalue weighted by Crippen LogP contribution is 2.40. The van der Waals surface area contributed by atoms with Crippen LogP contribution in [-0.4, -0.2) is 23.7 Å². The van der Waals surface area contributed by atoms with Crippen LogP contribution >= 0.6 is 0 Å². The van der Waals surface area contributed by atoms with E-state index in [2.05, 4.69) is 18.2 Å². The highest BCUT2D eigenvalue weighted by atomic mass is 35.5. The Morgan fingerprint density at radius 3 is 1.66 bits per heavy atom. The molecule has 2 nitrogen and oxygen atoms in total. The molecule has 0 aromatic heterocycles. The molecule has 0 aliphatic carbocycles. The minimum atomic E-state index is -4.37. The van der Waals surface area contributed by atoms with Crippen LogP contribution < -0.4 is 12.4 Å². The van der Waals surface area contributed by atoms with Crippen molar-refractivity contribution in [1.82, 2.24) is 0 Å². The second-order valence-corrected chi connectivity index (χ2v) is 10.2. The first kappa shape index (κ1) is 27.6. The number of hydrogen-bond acceptors (Lipinski definition) is 1. The summed E-state index contributed by atoms with van der Waals surface area (Å²) in [6.45, 7) is 0.445. The van der Waals surface area contributed by atoms with E-state index in [0.717, 1.165) is 50.4 Å². The largest absolute Gasteiger partial charge is 1.00 e. The van der Waals surface area contributed by atoms with Crippen molar-refractivity contribution >= 4 is 21.5 Å². The number of fused-ring (bicyclic) bond motifs is 2. The summed E-state index contributed by atoms with van der Waals surface area (Å²) in [5.74, 6) is 0. The molecule has 5 aromatic carbocycles. The number of aliphatic hydroxyl groups excluding tert-OH is 1. The molecule has 0 bridgehead atoms. The molecule has 38 heavy (non-hydrogen) atoms. The van der Waals surface area contributed by atoms with Crippen molar-refractivity contribution in [2.45, 2.75) is 24.9 Å². The molecule has 0 saturated carbocycles. The Morgan fingerprint density at radius 1 is 0.658 bits per heavy atom. The molecule has 2 unspecified atom stereocenters. The predicted molar refractivity (Wildman–Crippen MR) is 143 cm³/mol. The van der Waals surface area contributed by atoms with Gasteiger partial charge in [0.2, 0.25) is 0 Å². The molecule has 0 aliphatic rings. The summed E-state index contributed by atoms with van der Waals surface area (Å²) in [5, 5.41) is 16.2. The first-order valence-corrected chi connectivity index (χ1v) is 12.3. The zero-order valence-corrected chi connectivity index (χ0v) is 21.9. The molecule has 0 fully saturated rings. The lowest BCUT2D eigenvalue weighted by Crippen LogP contribution is -3.00. The summed E-state index contributed by atoms with van der Waals surface area (Å²) < 4.78 is 39.7. The van der Waals surface area contributed by atoms with E-state index < -0.39 is 17.8 Å². The molecule has 5 rings (SSSR count). The van der Waals surface area contributed by atoms with E-state index in [1.54, 1.807) is 0 Å². The number of alkyl halides is 3. The summed E-state index contributed by atoms with van der Waals surface area (Å²) in [5.41, 5.74) is 1.88. The highest BCUT2D eigenvalue weighted by molar-refractivity contribution is 5.84. The minimum Gasteiger partial charge on any atom is -1.00 e. The number of benzene rings is 5. The summed E-state index contributed by atoms with van der Waals surface area (Å²) in [6, 6.07) is 33.3. The molecule has 6 heteroatoms. The van der Waals surface area contributed by atoms with Gasteiger partial charge in [-0.2, -0.15) is 13.2 Å². The zero-order chi connectivity index (χ0) is 26.2. The maximum absolute atomic E-state index is 13.1. The van der Waals surface area contributed by atoms with Crippen molar-refractivity contribution in [1.29, 1.82) is 0 Å². The first-order chi connectivity index (χ1) is 17.6. The molecular formula is C32H29ClF3NO. The molecule has 0 aliphatic heterocycles. The van der Waals surface area contributed by atoms with Gasteiger partial charge < -0.3 is 22.0 Å². The van der Waals surface area contributed by atoms with Gasteiger partial charge in [-0.05, 0) is 51.4 Å². The standard InChI is InChI=1S/C32H29F3NO.ClH/c1-36(2,21-22-11-17-29(18-12-22)32(33,34)35)30(27-15-13-23-7-3-5-9-25(23)19-27)31(37)28-16-14-24-8-4-6-10-26(24)20-28;/h3-20,30-31,37H,21H2,1-2H3;1H/q+1;/p-1. The number of likely N-dealkylation sites (N-methyl/N-ethyl adjacent to an activating group) is 1. The summed E-state index contributed by atoms with van der Waals surface area (Å²) in [7, 11) is 4.03. The van der Waals surface area contributed by atoms with Crippen molar-refractivity contribution in [3.63, 3.8) is 0 Å². The van der Waals surface area contributed by atoms with Crippen LogP contribution in [0.3, 0.4) is 0 Å². The molecule has 0 spiro atoms. The summed E-state index contributed by atoms with van der Waals surface area (Å²) in [6.07, 6.45) is -5.21. The van der Waals surface area contributed by atoms with Gasteiger partial charge >= 0.3 is 6.18 Å². The Hall–Kier alpha value is -3.38. The van der Waals surface area contributed by atoms with Gasteiger partial charge in [-0.1, -0.05) is 84.9 Å². The predicted octanol–water partition coefficient (Wildman–Crippen LogP) is 5.07. The van der Waals surface area contributed by atoms with Gasteiger partial charge in [-0.3, -0.25) is 0 Å². The smallest absolute Gasteiger partial charge is 0.416 e. The van der Waals surface area contributed by atoms with Crippen molar-refractivity contribution in [3.05, 3.63) is 131 Å². The second kappa shape index (κ2) is 10.8. The van der Waals surface area contributed by atoms with Crippen LogP contribution in [0.25, 0.3) is 21.5 Å². The fraction of sp³-hybridized carbons (Fsp3) is 0.188. The molecule has 196 valence electrons. The van der Waals surface area contributed by atoms with Gasteiger partial charge in [0.1, 0.15) is 18.7 Å². The van der Waals surface area contributed by atoms with E-state index in [9.17, 15) is 18.3 Å². The molecule has 1 N–H and O–H groups in total. The molecule has 2 atom stereocenters. The maximum Gasteiger partial charge on any atom is 0.416 e. The van der Waals surface area contributed by atoms with Gasteiger partial charge in [0.05, 0.1) is 19.7 Å². The van der Waals surface area contributed by atoms with Gasteiger partial charge in [0.15, 0.2) is 0 Å². The number of aliphatic hydroxyl groups is 1. The molecule has 0 saturated heterocycles. The quantitative estimate of drug-likeness (QED) is 0.301. The molecule has 5 aromatic rings. The fourth-order valence-corrected chi connectivity index (χ4v) is 5.30. The van der Waals surface area contributed by atoms with E-state index in [-0.39, 0.29) is 18.4 Å². The number of rotatable bonds is 6. The average molecular weight is 536 g/mol. The van der Waals surface area contributed by atoms with Crippen LogP contribution in [0, 0.1) is 0 Å². The topological polar surface area (TPSA) is 20.2 Å². The summed E-state index contributed by atoms with van der Waals surface area (Å²) in [4.78, 5) is 0. The van der Waals surface area contributed by atoms with E-state index in [0.29, 0.717) is 11.0 Å². The lowest BCUT2D eigenvalue weighted by atomic mass is 9.90. The Morgan fingerprint density at radius 2 is 1.13 bits per heavy atom. The second-order valence-electron chi connectivity index (χ2n) is 10.2. The Kier molecular flexibility index (Phi) is 7.84. The highest BCUT2D eigenvalue weighted by Gasteiger charge is 2.38. The third kappa shape index (κ3) is 5.70. The van der Waals surface area contributed by atoms with Crippen molar-refractivity contribution in [2.75, 3.05) is 14.1 Å². The average Bonchev–Trinajstić information content (AvgIpc) is 2.87. The van der Waals surface area contributed by atoms with E-state index in [1.165, 1.54) is 12.1 Å². The monoisotopic (exact) mass is 535 g/mol. The molecular weight excluding hydrogens is 507 g/mol. The van der Waals surface area contributed by atoms with Gasteiger partial charge in [0, 0.05) is 11.1 Å². The normalized spacial score (nSPS) is 13.7. The summed E-state index contributed by atoms with van der Waals surface area (Å²) >= 11 is 0. The Bertz CT molecular complexity index is 1550. The number of hydrogen-bond donors (Lipinski definition) is 1. The van der Waals surface area contributed by atoms with E-state index in [4.69, 9.17) is 0 Å². The number of quaternary nitrogens is 1. The van der Waals surface area contributed by atoms with Crippen molar-refractivity contribution < 1.29 is 35.2 Å². The Labute approximate surface area is 227 Å². The van der Waals surface area contributed by atoms with Crippen molar-refractivity contribution in [3.8, 4) is 0 Å². The van der Waals surface area contributed by atoms with Gasteiger partial charge in [-0.25, -0.2) is 0 Å². The van der Waals surface area contributed by atoms with Crippen LogP contribution in [0.15, 0.2) is 109 Å². The number of halogens is 4. The van der Waals surface area contributed by atoms with Crippen LogP contribution in [-0.2, 0) is 12.7 Å². The van der Waals surface area contributed by atoms with Crippen molar-refractivity contribution in [2.24, 2.45) is 0 Å². The molecule has 0 amide bonds. The fourth-order valence-electron chi connectivity index (χ4n) is 5.30. The lowest BCUT2D eigenvalue weighted by Gasteiger charge is -2.41. The lowest BCUT2D eigenvalue weighted by molar-refractivity contribution is -0.938. The SMILES string of the molecule is C[N+](C)(Cc1ccc(C(F)(F)F)cc1)C(c1ccc2ccccc2c1)C(O)c1ccc2ccccc2c1.[Cl-]. The maximum atomic E-state index is 13.1. The number of nitrogens with zero attached hydrogens (tertiary/aromatic N) is 1. The minimum absolute atomic E-state index is 0.